The quantitative estimate of drug-likeness (QED) is 0.630. The number of rotatable bonds is 5. The molecular formula is C16H16FN4O4P. The molecule has 0 spiro atoms. The highest BCUT2D eigenvalue weighted by Gasteiger charge is 2.23. The highest BCUT2D eigenvalue weighted by Crippen LogP contribution is 2.49. The van der Waals surface area contributed by atoms with Gasteiger partial charge in [-0.2, -0.15) is 0 Å². The van der Waals surface area contributed by atoms with E-state index in [1.165, 1.54) is 49.4 Å². The van der Waals surface area contributed by atoms with Crippen molar-refractivity contribution in [3.8, 4) is 11.5 Å². The van der Waals surface area contributed by atoms with Gasteiger partial charge in [0.15, 0.2) is 5.82 Å². The number of fused-ring (bicyclic) bond motifs is 1. The molecule has 0 aliphatic rings. The van der Waals surface area contributed by atoms with E-state index in [9.17, 15) is 13.8 Å². The first-order chi connectivity index (χ1) is 12.4. The predicted molar refractivity (Wildman–Crippen MR) is 93.3 cm³/mol. The summed E-state index contributed by atoms with van der Waals surface area (Å²) in [6.45, 7) is 0. The normalized spacial score (nSPS) is 11.8. The lowest BCUT2D eigenvalue weighted by Crippen LogP contribution is -2.20. The van der Waals surface area contributed by atoms with Crippen molar-refractivity contribution in [2.24, 2.45) is 7.05 Å². The van der Waals surface area contributed by atoms with Crippen LogP contribution in [-0.2, 0) is 26.8 Å². The van der Waals surface area contributed by atoms with Gasteiger partial charge in [-0.05, 0) is 12.1 Å². The zero-order chi connectivity index (χ0) is 18.9. The van der Waals surface area contributed by atoms with E-state index < -0.39 is 13.4 Å². The Hall–Kier alpha value is -2.48. The summed E-state index contributed by atoms with van der Waals surface area (Å²) in [4.78, 5) is 25.2. The van der Waals surface area contributed by atoms with Gasteiger partial charge in [0.05, 0.1) is 29.0 Å². The van der Waals surface area contributed by atoms with Crippen molar-refractivity contribution in [2.75, 3.05) is 14.2 Å². The molecule has 0 bridgehead atoms. The Morgan fingerprint density at radius 2 is 1.92 bits per heavy atom. The van der Waals surface area contributed by atoms with E-state index in [0.29, 0.717) is 16.8 Å². The third-order valence-electron chi connectivity index (χ3n) is 3.89. The Kier molecular flexibility index (Phi) is 4.95. The molecule has 0 saturated heterocycles. The Morgan fingerprint density at radius 3 is 2.54 bits per heavy atom. The summed E-state index contributed by atoms with van der Waals surface area (Å²) in [7, 11) is 0.871. The minimum Gasteiger partial charge on any atom is -0.312 e. The van der Waals surface area contributed by atoms with Crippen molar-refractivity contribution in [1.82, 2.24) is 19.5 Å². The van der Waals surface area contributed by atoms with Crippen LogP contribution in [0.15, 0.2) is 35.4 Å². The molecule has 0 saturated carbocycles. The summed E-state index contributed by atoms with van der Waals surface area (Å²) in [6, 6.07) is 3.80. The molecule has 2 heterocycles. The number of aromatic nitrogens is 4. The number of halogens is 1. The standard InChI is InChI=1S/C16H16FN4O4P/c1-21-15(20-13-6-10(17)4-5-12(13)16(21)22)14-8-18-11(7-19-14)9-26(23,24-2)25-3/h4-8H,9H2,1-3H3. The second kappa shape index (κ2) is 7.03. The molecule has 0 radical (unpaired) electrons. The average molecular weight is 378 g/mol. The summed E-state index contributed by atoms with van der Waals surface area (Å²) in [5.41, 5.74) is 0.637. The van der Waals surface area contributed by atoms with Gasteiger partial charge in [-0.3, -0.25) is 18.9 Å². The highest BCUT2D eigenvalue weighted by molar-refractivity contribution is 7.52. The monoisotopic (exact) mass is 378 g/mol. The van der Waals surface area contributed by atoms with E-state index in [2.05, 4.69) is 15.0 Å². The van der Waals surface area contributed by atoms with Crippen LogP contribution < -0.4 is 5.56 Å². The largest absolute Gasteiger partial charge is 0.336 e. The van der Waals surface area contributed by atoms with Gasteiger partial charge in [-0.1, -0.05) is 0 Å². The summed E-state index contributed by atoms with van der Waals surface area (Å²) < 4.78 is 36.7. The van der Waals surface area contributed by atoms with Crippen LogP contribution in [0.5, 0.6) is 0 Å². The van der Waals surface area contributed by atoms with Gasteiger partial charge in [0.1, 0.15) is 11.5 Å². The van der Waals surface area contributed by atoms with Gasteiger partial charge in [-0.15, -0.1) is 0 Å². The lowest BCUT2D eigenvalue weighted by molar-refractivity contribution is 0.274. The summed E-state index contributed by atoms with van der Waals surface area (Å²) in [5.74, 6) is -0.241. The first-order valence-corrected chi connectivity index (χ1v) is 9.28. The van der Waals surface area contributed by atoms with Crippen LogP contribution in [0.3, 0.4) is 0 Å². The van der Waals surface area contributed by atoms with E-state index in [1.807, 2.05) is 0 Å². The Balaban J connectivity index is 2.03. The first-order valence-electron chi connectivity index (χ1n) is 7.55. The van der Waals surface area contributed by atoms with E-state index in [0.717, 1.165) is 0 Å². The van der Waals surface area contributed by atoms with Crippen LogP contribution in [-0.4, -0.2) is 33.7 Å². The Bertz CT molecular complexity index is 1060. The molecule has 10 heteroatoms. The maximum absolute atomic E-state index is 13.5. The molecule has 3 rings (SSSR count). The maximum atomic E-state index is 13.5. The molecule has 0 fully saturated rings. The van der Waals surface area contributed by atoms with E-state index in [-0.39, 0.29) is 23.1 Å². The Labute approximate surface area is 148 Å². The highest BCUT2D eigenvalue weighted by atomic mass is 31.2. The van der Waals surface area contributed by atoms with E-state index >= 15 is 0 Å². The number of benzene rings is 1. The van der Waals surface area contributed by atoms with Gasteiger partial charge in [-0.25, -0.2) is 14.4 Å². The zero-order valence-electron chi connectivity index (χ0n) is 14.3. The number of hydrogen-bond acceptors (Lipinski definition) is 7. The average Bonchev–Trinajstić information content (AvgIpc) is 2.65. The molecule has 1 aromatic carbocycles. The van der Waals surface area contributed by atoms with Crippen LogP contribution in [0.25, 0.3) is 22.4 Å². The first kappa shape index (κ1) is 18.3. The second-order valence-corrected chi connectivity index (χ2v) is 7.76. The van der Waals surface area contributed by atoms with Crippen LogP contribution in [0.1, 0.15) is 5.69 Å². The molecule has 136 valence electrons. The van der Waals surface area contributed by atoms with E-state index in [1.54, 1.807) is 7.05 Å². The molecular weight excluding hydrogens is 362 g/mol. The lowest BCUT2D eigenvalue weighted by Gasteiger charge is -2.13. The summed E-state index contributed by atoms with van der Waals surface area (Å²) in [5, 5.41) is 0.309. The zero-order valence-corrected chi connectivity index (χ0v) is 15.2. The SMILES string of the molecule is COP(=O)(Cc1cnc(-c2nc3cc(F)ccc3c(=O)n2C)cn1)OC. The van der Waals surface area contributed by atoms with Gasteiger partial charge in [0.2, 0.25) is 0 Å². The summed E-state index contributed by atoms with van der Waals surface area (Å²) in [6.07, 6.45) is 2.77. The van der Waals surface area contributed by atoms with Crippen molar-refractivity contribution >= 4 is 18.5 Å². The molecule has 26 heavy (non-hydrogen) atoms. The topological polar surface area (TPSA) is 96.2 Å². The van der Waals surface area contributed by atoms with Crippen molar-refractivity contribution in [2.45, 2.75) is 6.16 Å². The van der Waals surface area contributed by atoms with Crippen molar-refractivity contribution in [1.29, 1.82) is 0 Å². The molecule has 0 atom stereocenters. The predicted octanol–water partition coefficient (Wildman–Crippen LogP) is 2.52. The molecule has 0 aliphatic carbocycles. The lowest BCUT2D eigenvalue weighted by atomic mass is 10.2. The smallest absolute Gasteiger partial charge is 0.312 e. The van der Waals surface area contributed by atoms with Crippen molar-refractivity contribution in [3.05, 3.63) is 52.5 Å². The molecule has 8 nitrogen and oxygen atoms in total. The van der Waals surface area contributed by atoms with Gasteiger partial charge >= 0.3 is 7.60 Å². The van der Waals surface area contributed by atoms with Gasteiger partial charge < -0.3 is 9.05 Å². The van der Waals surface area contributed by atoms with Crippen molar-refractivity contribution in [3.63, 3.8) is 0 Å². The molecule has 0 N–H and O–H groups in total. The fourth-order valence-corrected chi connectivity index (χ4v) is 3.39. The van der Waals surface area contributed by atoms with Crippen LogP contribution in [0.4, 0.5) is 4.39 Å². The number of hydrogen-bond donors (Lipinski definition) is 0. The second-order valence-electron chi connectivity index (χ2n) is 5.49. The molecule has 3 aromatic rings. The summed E-state index contributed by atoms with van der Waals surface area (Å²) >= 11 is 0. The molecule has 2 aromatic heterocycles. The molecule has 0 amide bonds. The van der Waals surface area contributed by atoms with Crippen LogP contribution in [0, 0.1) is 5.82 Å². The third-order valence-corrected chi connectivity index (χ3v) is 5.71. The third kappa shape index (κ3) is 3.41. The number of nitrogens with zero attached hydrogens (tertiary/aromatic N) is 4. The van der Waals surface area contributed by atoms with E-state index in [4.69, 9.17) is 9.05 Å². The van der Waals surface area contributed by atoms with Gasteiger partial charge in [0.25, 0.3) is 5.56 Å². The molecule has 0 aliphatic heterocycles. The Morgan fingerprint density at radius 1 is 1.19 bits per heavy atom. The fraction of sp³-hybridized carbons (Fsp3) is 0.250. The minimum absolute atomic E-state index is 0.0391. The van der Waals surface area contributed by atoms with Gasteiger partial charge in [0, 0.05) is 33.5 Å². The van der Waals surface area contributed by atoms with Crippen LogP contribution in [0.2, 0.25) is 0 Å². The molecule has 0 unspecified atom stereocenters. The fourth-order valence-electron chi connectivity index (χ4n) is 2.43. The van der Waals surface area contributed by atoms with Crippen molar-refractivity contribution < 1.29 is 18.0 Å². The minimum atomic E-state index is -3.26. The maximum Gasteiger partial charge on any atom is 0.336 e. The van der Waals surface area contributed by atoms with Crippen LogP contribution >= 0.6 is 7.60 Å².